The summed E-state index contributed by atoms with van der Waals surface area (Å²) in [6.45, 7) is 2.74. The molecule has 0 saturated carbocycles. The first-order chi connectivity index (χ1) is 6.72. The van der Waals surface area contributed by atoms with Gasteiger partial charge in [-0.2, -0.15) is 0 Å². The highest BCUT2D eigenvalue weighted by Crippen LogP contribution is 2.25. The van der Waals surface area contributed by atoms with E-state index in [0.29, 0.717) is 6.54 Å². The first-order valence-corrected chi connectivity index (χ1v) is 5.07. The van der Waals surface area contributed by atoms with E-state index in [2.05, 4.69) is 11.9 Å². The molecule has 1 aromatic heterocycles. The molecule has 0 unspecified atom stereocenters. The summed E-state index contributed by atoms with van der Waals surface area (Å²) >= 11 is 5.95. The molecule has 1 heterocycles. The zero-order valence-corrected chi connectivity index (χ0v) is 10.6. The Hall–Kier alpha value is -0.740. The summed E-state index contributed by atoms with van der Waals surface area (Å²) in [5.41, 5.74) is 9.18. The maximum atomic E-state index is 5.95. The Morgan fingerprint density at radius 1 is 1.38 bits per heavy atom. The molecule has 1 aromatic carbocycles. The second-order valence-electron chi connectivity index (χ2n) is 3.46. The van der Waals surface area contributed by atoms with Gasteiger partial charge in [0.2, 0.25) is 0 Å². The Morgan fingerprint density at radius 2 is 2.06 bits per heavy atom. The first kappa shape index (κ1) is 15.3. The molecular formula is C11H16Cl2N2O. The fraction of sp³-hybridized carbons (Fsp3) is 0.273. The molecule has 5 heteroatoms. The second-order valence-corrected chi connectivity index (χ2v) is 3.89. The van der Waals surface area contributed by atoms with Crippen molar-refractivity contribution in [2.75, 3.05) is 6.54 Å². The predicted octanol–water partition coefficient (Wildman–Crippen LogP) is 2.23. The maximum absolute atomic E-state index is 5.95. The Labute approximate surface area is 106 Å². The first-order valence-electron chi connectivity index (χ1n) is 4.69. The number of hydrogen-bond acceptors (Lipinski definition) is 1. The van der Waals surface area contributed by atoms with Crippen molar-refractivity contribution in [3.8, 4) is 0 Å². The smallest absolute Gasteiger partial charge is 0.0459 e. The Morgan fingerprint density at radius 3 is 2.69 bits per heavy atom. The number of nitrogens with two attached hydrogens (primary N) is 1. The van der Waals surface area contributed by atoms with E-state index >= 15 is 0 Å². The molecular weight excluding hydrogens is 247 g/mol. The lowest BCUT2D eigenvalue weighted by Crippen LogP contribution is -2.03. The summed E-state index contributed by atoms with van der Waals surface area (Å²) in [5, 5.41) is 1.97. The molecule has 0 aliphatic heterocycles. The minimum absolute atomic E-state index is 0. The molecule has 16 heavy (non-hydrogen) atoms. The normalized spacial score (nSPS) is 9.69. The van der Waals surface area contributed by atoms with Crippen LogP contribution in [0.1, 0.15) is 11.3 Å². The van der Waals surface area contributed by atoms with Crippen LogP contribution in [-0.4, -0.2) is 17.0 Å². The molecule has 2 aromatic rings. The standard InChI is InChI=1S/C11H13ClN2.ClH.H2O/c1-7-9(4-5-13)10-6-8(12)2-3-11(10)14-7;;/h2-3,6,14H,4-5,13H2,1H3;1H;1H2. The van der Waals surface area contributed by atoms with Gasteiger partial charge in [-0.25, -0.2) is 0 Å². The number of halogens is 2. The number of hydrogen-bond donors (Lipinski definition) is 2. The summed E-state index contributed by atoms with van der Waals surface area (Å²) in [5.74, 6) is 0. The van der Waals surface area contributed by atoms with Gasteiger partial charge >= 0.3 is 0 Å². The number of nitrogens with one attached hydrogen (secondary N) is 1. The van der Waals surface area contributed by atoms with Crippen LogP contribution in [0.2, 0.25) is 5.02 Å². The molecule has 2 rings (SSSR count). The van der Waals surface area contributed by atoms with Gasteiger partial charge in [0.1, 0.15) is 0 Å². The van der Waals surface area contributed by atoms with Crippen LogP contribution in [0, 0.1) is 6.92 Å². The second kappa shape index (κ2) is 6.11. The number of aromatic amines is 1. The van der Waals surface area contributed by atoms with Crippen molar-refractivity contribution >= 4 is 34.9 Å². The molecule has 90 valence electrons. The molecule has 3 nitrogen and oxygen atoms in total. The van der Waals surface area contributed by atoms with Gasteiger partial charge in [0.15, 0.2) is 0 Å². The van der Waals surface area contributed by atoms with Crippen LogP contribution < -0.4 is 5.73 Å². The summed E-state index contributed by atoms with van der Waals surface area (Å²) < 4.78 is 0. The van der Waals surface area contributed by atoms with E-state index in [1.165, 1.54) is 16.6 Å². The largest absolute Gasteiger partial charge is 0.412 e. The van der Waals surface area contributed by atoms with E-state index in [1.54, 1.807) is 0 Å². The van der Waals surface area contributed by atoms with Crippen molar-refractivity contribution in [2.45, 2.75) is 13.3 Å². The van der Waals surface area contributed by atoms with Crippen molar-refractivity contribution in [1.29, 1.82) is 0 Å². The van der Waals surface area contributed by atoms with Crippen molar-refractivity contribution in [2.24, 2.45) is 5.73 Å². The zero-order chi connectivity index (χ0) is 10.1. The quantitative estimate of drug-likeness (QED) is 0.856. The lowest BCUT2D eigenvalue weighted by molar-refractivity contribution is 0.824. The van der Waals surface area contributed by atoms with E-state index in [0.717, 1.165) is 17.0 Å². The van der Waals surface area contributed by atoms with Crippen LogP contribution in [0.5, 0.6) is 0 Å². The van der Waals surface area contributed by atoms with E-state index in [9.17, 15) is 0 Å². The highest BCUT2D eigenvalue weighted by molar-refractivity contribution is 6.31. The fourth-order valence-electron chi connectivity index (χ4n) is 1.82. The van der Waals surface area contributed by atoms with E-state index in [1.807, 2.05) is 18.2 Å². The maximum Gasteiger partial charge on any atom is 0.0459 e. The van der Waals surface area contributed by atoms with E-state index in [-0.39, 0.29) is 17.9 Å². The van der Waals surface area contributed by atoms with Gasteiger partial charge in [0.05, 0.1) is 0 Å². The fourth-order valence-corrected chi connectivity index (χ4v) is 1.99. The molecule has 0 aliphatic carbocycles. The number of H-pyrrole nitrogens is 1. The third-order valence-electron chi connectivity index (χ3n) is 2.48. The molecule has 0 bridgehead atoms. The number of aryl methyl sites for hydroxylation is 1. The van der Waals surface area contributed by atoms with Gasteiger partial charge in [-0.1, -0.05) is 11.6 Å². The minimum Gasteiger partial charge on any atom is -0.412 e. The molecule has 5 N–H and O–H groups in total. The van der Waals surface area contributed by atoms with Crippen molar-refractivity contribution in [1.82, 2.24) is 4.98 Å². The predicted molar refractivity (Wildman–Crippen MR) is 71.7 cm³/mol. The minimum atomic E-state index is 0. The third kappa shape index (κ3) is 2.68. The van der Waals surface area contributed by atoms with Crippen molar-refractivity contribution in [3.63, 3.8) is 0 Å². The average Bonchev–Trinajstić information content (AvgIpc) is 2.45. The number of fused-ring (bicyclic) bond motifs is 1. The summed E-state index contributed by atoms with van der Waals surface area (Å²) in [6.07, 6.45) is 0.895. The Bertz CT molecular complexity index is 468. The topological polar surface area (TPSA) is 73.3 Å². The molecule has 0 atom stereocenters. The summed E-state index contributed by atoms with van der Waals surface area (Å²) in [6, 6.07) is 5.89. The highest BCUT2D eigenvalue weighted by Gasteiger charge is 2.07. The Balaban J connectivity index is 0.00000112. The van der Waals surface area contributed by atoms with Crippen LogP contribution >= 0.6 is 24.0 Å². The van der Waals surface area contributed by atoms with Crippen molar-refractivity contribution < 1.29 is 5.48 Å². The molecule has 0 aliphatic rings. The van der Waals surface area contributed by atoms with Gasteiger partial charge in [-0.15, -0.1) is 12.4 Å². The van der Waals surface area contributed by atoms with Gasteiger partial charge < -0.3 is 16.2 Å². The molecule has 0 spiro atoms. The summed E-state index contributed by atoms with van der Waals surface area (Å²) in [4.78, 5) is 3.32. The van der Waals surface area contributed by atoms with Gasteiger partial charge in [-0.3, -0.25) is 0 Å². The lowest BCUT2D eigenvalue weighted by atomic mass is 10.1. The van der Waals surface area contributed by atoms with Gasteiger partial charge in [0.25, 0.3) is 0 Å². The van der Waals surface area contributed by atoms with Crippen LogP contribution in [0.3, 0.4) is 0 Å². The monoisotopic (exact) mass is 262 g/mol. The van der Waals surface area contributed by atoms with Crippen LogP contribution in [0.25, 0.3) is 10.9 Å². The Kier molecular flexibility index (Phi) is 5.83. The number of benzene rings is 1. The average molecular weight is 263 g/mol. The molecule has 0 fully saturated rings. The molecule has 0 radical (unpaired) electrons. The van der Waals surface area contributed by atoms with Crippen molar-refractivity contribution in [3.05, 3.63) is 34.5 Å². The van der Waals surface area contributed by atoms with E-state index in [4.69, 9.17) is 17.3 Å². The molecule has 0 amide bonds. The van der Waals surface area contributed by atoms with Gasteiger partial charge in [0, 0.05) is 21.6 Å². The van der Waals surface area contributed by atoms with Crippen LogP contribution in [0.15, 0.2) is 18.2 Å². The SMILES string of the molecule is Cc1[nH]c2ccc(Cl)cc2c1CCN.Cl.O. The zero-order valence-electron chi connectivity index (χ0n) is 9.01. The third-order valence-corrected chi connectivity index (χ3v) is 2.71. The van der Waals surface area contributed by atoms with E-state index < -0.39 is 0 Å². The summed E-state index contributed by atoms with van der Waals surface area (Å²) in [7, 11) is 0. The van der Waals surface area contributed by atoms with Crippen LogP contribution in [-0.2, 0) is 6.42 Å². The molecule has 0 saturated heterocycles. The van der Waals surface area contributed by atoms with Gasteiger partial charge in [-0.05, 0) is 43.7 Å². The highest BCUT2D eigenvalue weighted by atomic mass is 35.5. The lowest BCUT2D eigenvalue weighted by Gasteiger charge is -1.98. The number of aromatic nitrogens is 1. The number of rotatable bonds is 2. The van der Waals surface area contributed by atoms with Crippen LogP contribution in [0.4, 0.5) is 0 Å².